The van der Waals surface area contributed by atoms with Crippen LogP contribution in [0.1, 0.15) is 29.8 Å². The van der Waals surface area contributed by atoms with Crippen LogP contribution < -0.4 is 14.9 Å². The lowest BCUT2D eigenvalue weighted by Crippen LogP contribution is -2.17. The number of ether oxygens (including phenoxy) is 2. The van der Waals surface area contributed by atoms with Crippen molar-refractivity contribution < 1.29 is 14.3 Å². The van der Waals surface area contributed by atoms with E-state index < -0.39 is 0 Å². The molecule has 1 amide bonds. The van der Waals surface area contributed by atoms with E-state index >= 15 is 0 Å². The molecule has 2 aromatic rings. The molecule has 0 saturated heterocycles. The standard InChI is InChI=1S/C18H20N2O3/c1-3-22-16-11-10-14(12-17(16)23-4-2)13-19-20-18(21)15-8-6-5-7-9-15/h5-13H,3-4H2,1-2H3,(H,20,21)/b19-13-. The monoisotopic (exact) mass is 312 g/mol. The van der Waals surface area contributed by atoms with Crippen LogP contribution >= 0.6 is 0 Å². The Balaban J connectivity index is 2.04. The average molecular weight is 312 g/mol. The molecule has 5 nitrogen and oxygen atoms in total. The number of nitrogens with one attached hydrogen (secondary N) is 1. The molecule has 0 spiro atoms. The van der Waals surface area contributed by atoms with Gasteiger partial charge in [-0.25, -0.2) is 5.43 Å². The number of hydrogen-bond donors (Lipinski definition) is 1. The molecular weight excluding hydrogens is 292 g/mol. The number of hydrazone groups is 1. The highest BCUT2D eigenvalue weighted by atomic mass is 16.5. The molecule has 0 saturated carbocycles. The average Bonchev–Trinajstić information content (AvgIpc) is 2.58. The lowest BCUT2D eigenvalue weighted by Gasteiger charge is -2.11. The SMILES string of the molecule is CCOc1ccc(/C=N\NC(=O)c2ccccc2)cc1OCC. The number of carbonyl (C=O) groups excluding carboxylic acids is 1. The van der Waals surface area contributed by atoms with Gasteiger partial charge in [0, 0.05) is 5.56 Å². The maximum absolute atomic E-state index is 11.9. The molecule has 0 heterocycles. The second-order valence-corrected chi connectivity index (χ2v) is 4.64. The van der Waals surface area contributed by atoms with E-state index in [1.54, 1.807) is 30.5 Å². The van der Waals surface area contributed by atoms with Crippen molar-refractivity contribution in [1.82, 2.24) is 5.43 Å². The lowest BCUT2D eigenvalue weighted by molar-refractivity contribution is 0.0955. The van der Waals surface area contributed by atoms with E-state index in [1.165, 1.54) is 0 Å². The third kappa shape index (κ3) is 4.85. The van der Waals surface area contributed by atoms with Crippen molar-refractivity contribution in [3.63, 3.8) is 0 Å². The number of rotatable bonds is 7. The molecule has 0 radical (unpaired) electrons. The summed E-state index contributed by atoms with van der Waals surface area (Å²) in [5, 5.41) is 3.97. The fourth-order valence-corrected chi connectivity index (χ4v) is 1.97. The van der Waals surface area contributed by atoms with E-state index in [2.05, 4.69) is 10.5 Å². The Morgan fingerprint density at radius 2 is 1.74 bits per heavy atom. The van der Waals surface area contributed by atoms with Gasteiger partial charge in [-0.2, -0.15) is 5.10 Å². The second kappa shape index (κ2) is 8.58. The van der Waals surface area contributed by atoms with Gasteiger partial charge in [-0.15, -0.1) is 0 Å². The maximum atomic E-state index is 11.9. The molecule has 0 aliphatic carbocycles. The van der Waals surface area contributed by atoms with E-state index in [0.717, 1.165) is 5.56 Å². The van der Waals surface area contributed by atoms with Gasteiger partial charge in [0.15, 0.2) is 11.5 Å². The van der Waals surface area contributed by atoms with Crippen molar-refractivity contribution in [3.05, 3.63) is 59.7 Å². The van der Waals surface area contributed by atoms with Crippen LogP contribution in [0, 0.1) is 0 Å². The van der Waals surface area contributed by atoms with Gasteiger partial charge in [-0.3, -0.25) is 4.79 Å². The van der Waals surface area contributed by atoms with Gasteiger partial charge in [0.1, 0.15) is 0 Å². The Morgan fingerprint density at radius 3 is 2.43 bits per heavy atom. The van der Waals surface area contributed by atoms with Crippen LogP contribution in [0.25, 0.3) is 0 Å². The highest BCUT2D eigenvalue weighted by molar-refractivity contribution is 5.94. The predicted molar refractivity (Wildman–Crippen MR) is 90.3 cm³/mol. The number of benzene rings is 2. The summed E-state index contributed by atoms with van der Waals surface area (Å²) in [6.07, 6.45) is 1.57. The number of carbonyl (C=O) groups is 1. The summed E-state index contributed by atoms with van der Waals surface area (Å²) in [4.78, 5) is 11.9. The third-order valence-corrected chi connectivity index (χ3v) is 2.98. The van der Waals surface area contributed by atoms with Crippen molar-refractivity contribution in [3.8, 4) is 11.5 Å². The summed E-state index contributed by atoms with van der Waals surface area (Å²) in [5.41, 5.74) is 3.87. The first-order chi connectivity index (χ1) is 11.2. The molecule has 0 fully saturated rings. The molecule has 0 aliphatic heterocycles. The van der Waals surface area contributed by atoms with Gasteiger partial charge in [-0.05, 0) is 49.7 Å². The highest BCUT2D eigenvalue weighted by Gasteiger charge is 2.05. The third-order valence-electron chi connectivity index (χ3n) is 2.98. The van der Waals surface area contributed by atoms with Gasteiger partial charge in [0.2, 0.25) is 0 Å². The topological polar surface area (TPSA) is 59.9 Å². The minimum Gasteiger partial charge on any atom is -0.490 e. The van der Waals surface area contributed by atoms with Gasteiger partial charge in [0.25, 0.3) is 5.91 Å². The number of nitrogens with zero attached hydrogens (tertiary/aromatic N) is 1. The minimum atomic E-state index is -0.252. The van der Waals surface area contributed by atoms with Gasteiger partial charge in [0.05, 0.1) is 19.4 Å². The molecular formula is C18H20N2O3. The first-order valence-electron chi connectivity index (χ1n) is 7.52. The van der Waals surface area contributed by atoms with Crippen molar-refractivity contribution in [1.29, 1.82) is 0 Å². The van der Waals surface area contributed by atoms with Crippen LogP contribution in [0.2, 0.25) is 0 Å². The minimum absolute atomic E-state index is 0.252. The Kier molecular flexibility index (Phi) is 6.17. The molecule has 0 atom stereocenters. The maximum Gasteiger partial charge on any atom is 0.271 e. The van der Waals surface area contributed by atoms with Gasteiger partial charge < -0.3 is 9.47 Å². The molecule has 2 rings (SSSR count). The van der Waals surface area contributed by atoms with Crippen LogP contribution in [0.15, 0.2) is 53.6 Å². The summed E-state index contributed by atoms with van der Waals surface area (Å²) in [5.74, 6) is 1.10. The van der Waals surface area contributed by atoms with Crippen molar-refractivity contribution >= 4 is 12.1 Å². The summed E-state index contributed by atoms with van der Waals surface area (Å²) in [7, 11) is 0. The summed E-state index contributed by atoms with van der Waals surface area (Å²) < 4.78 is 11.1. The van der Waals surface area contributed by atoms with Crippen LogP contribution in [-0.2, 0) is 0 Å². The normalized spacial score (nSPS) is 10.5. The number of hydrogen-bond acceptors (Lipinski definition) is 4. The zero-order valence-electron chi connectivity index (χ0n) is 13.3. The smallest absolute Gasteiger partial charge is 0.271 e. The zero-order chi connectivity index (χ0) is 16.5. The van der Waals surface area contributed by atoms with Crippen molar-refractivity contribution in [2.75, 3.05) is 13.2 Å². The molecule has 2 aromatic carbocycles. The van der Waals surface area contributed by atoms with Crippen LogP contribution in [0.4, 0.5) is 0 Å². The van der Waals surface area contributed by atoms with E-state index in [4.69, 9.17) is 9.47 Å². The lowest BCUT2D eigenvalue weighted by atomic mass is 10.2. The summed E-state index contributed by atoms with van der Waals surface area (Å²) in [6, 6.07) is 14.4. The van der Waals surface area contributed by atoms with Crippen LogP contribution in [0.5, 0.6) is 11.5 Å². The first-order valence-corrected chi connectivity index (χ1v) is 7.52. The molecule has 5 heteroatoms. The predicted octanol–water partition coefficient (Wildman–Crippen LogP) is 3.25. The fourth-order valence-electron chi connectivity index (χ4n) is 1.97. The highest BCUT2D eigenvalue weighted by Crippen LogP contribution is 2.27. The van der Waals surface area contributed by atoms with E-state index in [0.29, 0.717) is 30.3 Å². The zero-order valence-corrected chi connectivity index (χ0v) is 13.3. The molecule has 0 unspecified atom stereocenters. The fraction of sp³-hybridized carbons (Fsp3) is 0.222. The molecule has 0 aromatic heterocycles. The largest absolute Gasteiger partial charge is 0.490 e. The molecule has 0 bridgehead atoms. The van der Waals surface area contributed by atoms with Crippen molar-refractivity contribution in [2.24, 2.45) is 5.10 Å². The van der Waals surface area contributed by atoms with E-state index in [1.807, 2.05) is 38.1 Å². The van der Waals surface area contributed by atoms with Gasteiger partial charge >= 0.3 is 0 Å². The van der Waals surface area contributed by atoms with Crippen LogP contribution in [-0.4, -0.2) is 25.3 Å². The Morgan fingerprint density at radius 1 is 1.04 bits per heavy atom. The van der Waals surface area contributed by atoms with Gasteiger partial charge in [-0.1, -0.05) is 18.2 Å². The van der Waals surface area contributed by atoms with Crippen LogP contribution in [0.3, 0.4) is 0 Å². The second-order valence-electron chi connectivity index (χ2n) is 4.64. The molecule has 0 aliphatic rings. The Hall–Kier alpha value is -2.82. The van der Waals surface area contributed by atoms with E-state index in [-0.39, 0.29) is 5.91 Å². The Bertz CT molecular complexity index is 669. The summed E-state index contributed by atoms with van der Waals surface area (Å²) in [6.45, 7) is 4.95. The van der Waals surface area contributed by atoms with E-state index in [9.17, 15) is 4.79 Å². The Labute approximate surface area is 135 Å². The quantitative estimate of drug-likeness (QED) is 0.630. The van der Waals surface area contributed by atoms with Crippen molar-refractivity contribution in [2.45, 2.75) is 13.8 Å². The number of amides is 1. The summed E-state index contributed by atoms with van der Waals surface area (Å²) >= 11 is 0. The molecule has 23 heavy (non-hydrogen) atoms. The molecule has 120 valence electrons. The first kappa shape index (κ1) is 16.5. The molecule has 1 N–H and O–H groups in total.